The Morgan fingerprint density at radius 2 is 1.86 bits per heavy atom. The van der Waals surface area contributed by atoms with E-state index in [2.05, 4.69) is 41.8 Å². The minimum atomic E-state index is -0.206. The first-order valence-corrected chi connectivity index (χ1v) is 11.9. The van der Waals surface area contributed by atoms with Gasteiger partial charge in [0.2, 0.25) is 5.82 Å². The number of hydrogen-bond acceptors (Lipinski definition) is 9. The molecule has 4 N–H and O–H groups in total. The normalized spacial score (nSPS) is 17.2. The van der Waals surface area contributed by atoms with Gasteiger partial charge in [-0.05, 0) is 61.3 Å². The number of aromatic nitrogens is 4. The van der Waals surface area contributed by atoms with Crippen molar-refractivity contribution in [2.75, 3.05) is 48.3 Å². The molecule has 0 bridgehead atoms. The van der Waals surface area contributed by atoms with Crippen LogP contribution in [0.5, 0.6) is 5.75 Å². The van der Waals surface area contributed by atoms with Gasteiger partial charge in [-0.2, -0.15) is 0 Å². The van der Waals surface area contributed by atoms with Gasteiger partial charge >= 0.3 is 0 Å². The maximum atomic E-state index is 10.2. The predicted molar refractivity (Wildman–Crippen MR) is 135 cm³/mol. The highest BCUT2D eigenvalue weighted by atomic mass is 16.3. The molecule has 0 saturated carbocycles. The molecule has 35 heavy (non-hydrogen) atoms. The van der Waals surface area contributed by atoms with Crippen LogP contribution < -0.4 is 15.5 Å². The number of nitrogens with two attached hydrogens (primary N) is 1. The topological polar surface area (TPSA) is 125 Å². The number of piperidine rings is 2. The Morgan fingerprint density at radius 1 is 1.03 bits per heavy atom. The van der Waals surface area contributed by atoms with E-state index < -0.39 is 0 Å². The van der Waals surface area contributed by atoms with Gasteiger partial charge in [-0.3, -0.25) is 0 Å². The Balaban J connectivity index is 1.30. The number of rotatable bonds is 3. The van der Waals surface area contributed by atoms with E-state index in [4.69, 9.17) is 10.8 Å². The smallest absolute Gasteiger partial charge is 0.206 e. The van der Waals surface area contributed by atoms with E-state index >= 15 is 0 Å². The number of phenols is 1. The fraction of sp³-hybridized carbons (Fsp3) is 0.385. The van der Waals surface area contributed by atoms with Gasteiger partial charge in [0.15, 0.2) is 5.82 Å². The third-order valence-electron chi connectivity index (χ3n) is 7.05. The van der Waals surface area contributed by atoms with Gasteiger partial charge < -0.3 is 25.7 Å². The summed E-state index contributed by atoms with van der Waals surface area (Å²) in [7, 11) is 0. The van der Waals surface area contributed by atoms with Gasteiger partial charge in [-0.15, -0.1) is 10.2 Å². The van der Waals surface area contributed by atoms with E-state index in [1.54, 1.807) is 18.3 Å². The average Bonchev–Trinajstić information content (AvgIpc) is 2.89. The largest absolute Gasteiger partial charge is 0.507 e. The maximum Gasteiger partial charge on any atom is 0.206 e. The lowest BCUT2D eigenvalue weighted by Gasteiger charge is -2.48. The predicted octanol–water partition coefficient (Wildman–Crippen LogP) is 2.45. The quantitative estimate of drug-likeness (QED) is 0.494. The van der Waals surface area contributed by atoms with Crippen molar-refractivity contribution in [1.82, 2.24) is 20.2 Å². The summed E-state index contributed by atoms with van der Waals surface area (Å²) >= 11 is 0. The lowest BCUT2D eigenvalue weighted by molar-refractivity contribution is 0.178. The Bertz CT molecular complexity index is 1260. The van der Waals surface area contributed by atoms with Crippen LogP contribution in [-0.4, -0.2) is 63.2 Å². The highest BCUT2D eigenvalue weighted by Crippen LogP contribution is 2.42. The number of anilines is 3. The Hall–Kier alpha value is -3.90. The molecule has 1 spiro atoms. The fourth-order valence-electron chi connectivity index (χ4n) is 5.20. The summed E-state index contributed by atoms with van der Waals surface area (Å²) in [5, 5.41) is 27.6. The minimum Gasteiger partial charge on any atom is -0.507 e. The number of para-hydroxylation sites is 1. The lowest BCUT2D eigenvalue weighted by Crippen LogP contribution is -2.50. The number of phenolic OH excluding ortho intramolecular Hbond substituents is 1. The molecule has 0 radical (unpaired) electrons. The third-order valence-corrected chi connectivity index (χ3v) is 7.05. The van der Waals surface area contributed by atoms with E-state index in [1.165, 1.54) is 6.42 Å². The van der Waals surface area contributed by atoms with Crippen LogP contribution in [0.2, 0.25) is 0 Å². The first-order valence-electron chi connectivity index (χ1n) is 11.9. The summed E-state index contributed by atoms with van der Waals surface area (Å²) in [5.74, 6) is 7.32. The lowest BCUT2D eigenvalue weighted by atomic mass is 9.72. The molecular formula is C26H29N7O2. The summed E-state index contributed by atoms with van der Waals surface area (Å²) in [6.07, 6.45) is 6.11. The number of aromatic hydroxyl groups is 1. The van der Waals surface area contributed by atoms with Crippen LogP contribution in [0.1, 0.15) is 31.5 Å². The van der Waals surface area contributed by atoms with Gasteiger partial charge in [-0.25, -0.2) is 9.97 Å². The van der Waals surface area contributed by atoms with E-state index in [-0.39, 0.29) is 17.8 Å². The van der Waals surface area contributed by atoms with Crippen LogP contribution in [0.3, 0.4) is 0 Å². The van der Waals surface area contributed by atoms with E-state index in [1.807, 2.05) is 24.3 Å². The molecule has 0 aliphatic carbocycles. The van der Waals surface area contributed by atoms with Crippen molar-refractivity contribution >= 4 is 17.3 Å². The molecule has 0 unspecified atom stereocenters. The molecule has 4 heterocycles. The van der Waals surface area contributed by atoms with Crippen LogP contribution in [0.25, 0.3) is 11.3 Å². The van der Waals surface area contributed by atoms with Gasteiger partial charge in [0.25, 0.3) is 0 Å². The van der Waals surface area contributed by atoms with Gasteiger partial charge in [-0.1, -0.05) is 18.1 Å². The van der Waals surface area contributed by atoms with Crippen molar-refractivity contribution in [3.8, 4) is 28.8 Å². The van der Waals surface area contributed by atoms with Crippen LogP contribution >= 0.6 is 0 Å². The minimum absolute atomic E-state index is 0.174. The second-order valence-corrected chi connectivity index (χ2v) is 9.23. The van der Waals surface area contributed by atoms with Crippen LogP contribution in [0, 0.1) is 17.3 Å². The number of hydrogen-bond donors (Lipinski definition) is 3. The van der Waals surface area contributed by atoms with Crippen molar-refractivity contribution in [1.29, 1.82) is 0 Å². The van der Waals surface area contributed by atoms with E-state index in [0.29, 0.717) is 22.9 Å². The SMILES string of the molecule is Nc1nnc(-c2ccccc2O)cc1N1CCC2(CCCN(c3ccnc(C#CCO)n3)C2)CC1. The molecule has 2 saturated heterocycles. The highest BCUT2D eigenvalue weighted by molar-refractivity contribution is 5.74. The van der Waals surface area contributed by atoms with Crippen molar-refractivity contribution < 1.29 is 10.2 Å². The zero-order valence-corrected chi connectivity index (χ0v) is 19.6. The van der Waals surface area contributed by atoms with Crippen molar-refractivity contribution in [3.63, 3.8) is 0 Å². The van der Waals surface area contributed by atoms with Crippen molar-refractivity contribution in [2.45, 2.75) is 25.7 Å². The monoisotopic (exact) mass is 471 g/mol. The van der Waals surface area contributed by atoms with Gasteiger partial charge in [0.05, 0.1) is 11.4 Å². The summed E-state index contributed by atoms with van der Waals surface area (Å²) in [5.41, 5.74) is 8.56. The molecule has 9 nitrogen and oxygen atoms in total. The molecular weight excluding hydrogens is 442 g/mol. The summed E-state index contributed by atoms with van der Waals surface area (Å²) in [6, 6.07) is 11.0. The summed E-state index contributed by atoms with van der Waals surface area (Å²) in [6.45, 7) is 3.45. The molecule has 1 aromatic carbocycles. The van der Waals surface area contributed by atoms with Crippen LogP contribution in [-0.2, 0) is 0 Å². The number of aliphatic hydroxyl groups is 1. The zero-order chi connectivity index (χ0) is 24.3. The fourth-order valence-corrected chi connectivity index (χ4v) is 5.20. The second-order valence-electron chi connectivity index (χ2n) is 9.23. The number of nitrogen functional groups attached to an aromatic ring is 1. The molecule has 9 heteroatoms. The molecule has 2 aromatic heterocycles. The highest BCUT2D eigenvalue weighted by Gasteiger charge is 2.39. The molecule has 5 rings (SSSR count). The number of benzene rings is 1. The Kier molecular flexibility index (Phi) is 6.38. The summed E-state index contributed by atoms with van der Waals surface area (Å²) in [4.78, 5) is 13.4. The first-order chi connectivity index (χ1) is 17.1. The first kappa shape index (κ1) is 22.9. The standard InChI is InChI=1S/C26H29N7O2/c27-25-21(17-20(30-31-25)19-5-1-2-6-22(19)35)32-14-10-26(11-15-32)9-4-13-33(18-26)24-8-12-28-23(29-24)7-3-16-34/h1-2,5-6,8,12,17,34-35H,4,9-11,13-16,18H2,(H2,27,31). The molecule has 2 fully saturated rings. The Morgan fingerprint density at radius 3 is 2.66 bits per heavy atom. The molecule has 0 amide bonds. The molecule has 2 aliphatic heterocycles. The van der Waals surface area contributed by atoms with Gasteiger partial charge in [0, 0.05) is 37.9 Å². The molecule has 0 atom stereocenters. The second kappa shape index (κ2) is 9.76. The number of aliphatic hydroxyl groups excluding tert-OH is 1. The van der Waals surface area contributed by atoms with Gasteiger partial charge in [0.1, 0.15) is 18.2 Å². The van der Waals surface area contributed by atoms with Crippen molar-refractivity contribution in [3.05, 3.63) is 48.4 Å². The van der Waals surface area contributed by atoms with Crippen LogP contribution in [0.15, 0.2) is 42.6 Å². The van der Waals surface area contributed by atoms with Crippen molar-refractivity contribution in [2.24, 2.45) is 5.41 Å². The molecule has 3 aromatic rings. The number of nitrogens with zero attached hydrogens (tertiary/aromatic N) is 6. The molecule has 2 aliphatic rings. The van der Waals surface area contributed by atoms with Crippen LogP contribution in [0.4, 0.5) is 17.3 Å². The third kappa shape index (κ3) is 4.84. The van der Waals surface area contributed by atoms with E-state index in [9.17, 15) is 5.11 Å². The molecule has 180 valence electrons. The average molecular weight is 472 g/mol. The Labute approximate surface area is 204 Å². The summed E-state index contributed by atoms with van der Waals surface area (Å²) < 4.78 is 0. The van der Waals surface area contributed by atoms with E-state index in [0.717, 1.165) is 56.9 Å². The maximum absolute atomic E-state index is 10.2. The zero-order valence-electron chi connectivity index (χ0n) is 19.6.